The van der Waals surface area contributed by atoms with E-state index in [0.717, 1.165) is 11.3 Å². The van der Waals surface area contributed by atoms with Gasteiger partial charge in [-0.2, -0.15) is 0 Å². The molecule has 150 valence electrons. The van der Waals surface area contributed by atoms with Gasteiger partial charge >= 0.3 is 0 Å². The van der Waals surface area contributed by atoms with E-state index in [2.05, 4.69) is 24.4 Å². The molecule has 0 radical (unpaired) electrons. The van der Waals surface area contributed by atoms with Crippen molar-refractivity contribution in [3.05, 3.63) is 70.2 Å². The van der Waals surface area contributed by atoms with Crippen molar-refractivity contribution in [1.82, 2.24) is 10.2 Å². The Balaban J connectivity index is 2.12. The Morgan fingerprint density at radius 2 is 1.75 bits per heavy atom. The van der Waals surface area contributed by atoms with Crippen LogP contribution in [0.3, 0.4) is 0 Å². The SMILES string of the molecule is CCC(C(=O)NC)N(Cc1ccccc1Cl)C(=O)CSCc1ccccc1C. The van der Waals surface area contributed by atoms with E-state index in [-0.39, 0.29) is 11.8 Å². The van der Waals surface area contributed by atoms with E-state index in [9.17, 15) is 9.59 Å². The van der Waals surface area contributed by atoms with Crippen LogP contribution < -0.4 is 5.32 Å². The molecule has 2 rings (SSSR count). The third-order valence-corrected chi connectivity index (χ3v) is 6.01. The number of carbonyl (C=O) groups is 2. The normalized spacial score (nSPS) is 11.7. The highest BCUT2D eigenvalue weighted by molar-refractivity contribution is 7.99. The van der Waals surface area contributed by atoms with E-state index in [4.69, 9.17) is 11.6 Å². The molecule has 0 heterocycles. The molecule has 0 aromatic heterocycles. The van der Waals surface area contributed by atoms with Crippen LogP contribution in [0.5, 0.6) is 0 Å². The number of rotatable bonds is 9. The summed E-state index contributed by atoms with van der Waals surface area (Å²) >= 11 is 7.86. The molecule has 2 aromatic carbocycles. The number of nitrogens with zero attached hydrogens (tertiary/aromatic N) is 1. The number of nitrogens with one attached hydrogen (secondary N) is 1. The molecule has 1 N–H and O–H groups in total. The average molecular weight is 419 g/mol. The lowest BCUT2D eigenvalue weighted by Gasteiger charge is -2.30. The highest BCUT2D eigenvalue weighted by Crippen LogP contribution is 2.22. The first-order valence-corrected chi connectivity index (χ1v) is 10.9. The van der Waals surface area contributed by atoms with Crippen molar-refractivity contribution in [3.63, 3.8) is 0 Å². The van der Waals surface area contributed by atoms with E-state index in [0.29, 0.717) is 23.7 Å². The van der Waals surface area contributed by atoms with Crippen LogP contribution in [0.4, 0.5) is 0 Å². The fourth-order valence-corrected chi connectivity index (χ4v) is 4.18. The van der Waals surface area contributed by atoms with Gasteiger partial charge in [-0.1, -0.05) is 61.0 Å². The van der Waals surface area contributed by atoms with Gasteiger partial charge in [0.2, 0.25) is 11.8 Å². The highest BCUT2D eigenvalue weighted by atomic mass is 35.5. The van der Waals surface area contributed by atoms with E-state index >= 15 is 0 Å². The summed E-state index contributed by atoms with van der Waals surface area (Å²) in [5, 5.41) is 3.27. The number of amides is 2. The number of aryl methyl sites for hydroxylation is 1. The lowest BCUT2D eigenvalue weighted by Crippen LogP contribution is -2.48. The minimum absolute atomic E-state index is 0.0612. The van der Waals surface area contributed by atoms with Crippen molar-refractivity contribution >= 4 is 35.2 Å². The summed E-state index contributed by atoms with van der Waals surface area (Å²) in [7, 11) is 1.59. The summed E-state index contributed by atoms with van der Waals surface area (Å²) in [6, 6.07) is 15.1. The molecule has 0 saturated heterocycles. The predicted octanol–water partition coefficient (Wildman–Crippen LogP) is 4.44. The maximum Gasteiger partial charge on any atom is 0.242 e. The molecule has 0 aliphatic rings. The van der Waals surface area contributed by atoms with Crippen LogP contribution in [-0.2, 0) is 21.9 Å². The largest absolute Gasteiger partial charge is 0.357 e. The second-order valence-corrected chi connectivity index (χ2v) is 7.96. The van der Waals surface area contributed by atoms with Gasteiger partial charge in [0, 0.05) is 24.4 Å². The average Bonchev–Trinajstić information content (AvgIpc) is 2.70. The van der Waals surface area contributed by atoms with Crippen LogP contribution in [0.1, 0.15) is 30.0 Å². The van der Waals surface area contributed by atoms with E-state index in [1.54, 1.807) is 29.8 Å². The minimum atomic E-state index is -0.521. The second-order valence-electron chi connectivity index (χ2n) is 6.57. The molecule has 4 nitrogen and oxygen atoms in total. The molecule has 2 amide bonds. The monoisotopic (exact) mass is 418 g/mol. The molecule has 0 saturated carbocycles. The zero-order valence-electron chi connectivity index (χ0n) is 16.6. The van der Waals surface area contributed by atoms with Crippen molar-refractivity contribution in [2.75, 3.05) is 12.8 Å². The van der Waals surface area contributed by atoms with Crippen LogP contribution in [0.25, 0.3) is 0 Å². The summed E-state index contributed by atoms with van der Waals surface area (Å²) in [5.41, 5.74) is 3.27. The van der Waals surface area contributed by atoms with Crippen LogP contribution >= 0.6 is 23.4 Å². The first-order valence-electron chi connectivity index (χ1n) is 9.34. The van der Waals surface area contributed by atoms with Gasteiger partial charge in [-0.15, -0.1) is 11.8 Å². The number of carbonyl (C=O) groups excluding carboxylic acids is 2. The third kappa shape index (κ3) is 6.01. The quantitative estimate of drug-likeness (QED) is 0.655. The second kappa shape index (κ2) is 11.1. The van der Waals surface area contributed by atoms with Crippen LogP contribution in [0, 0.1) is 6.92 Å². The number of likely N-dealkylation sites (N-methyl/N-ethyl adjacent to an activating group) is 1. The zero-order chi connectivity index (χ0) is 20.5. The number of hydrogen-bond acceptors (Lipinski definition) is 3. The Kier molecular flexibility index (Phi) is 8.87. The minimum Gasteiger partial charge on any atom is -0.357 e. The Hall–Kier alpha value is -1.98. The van der Waals surface area contributed by atoms with Crippen LogP contribution in [-0.4, -0.2) is 35.6 Å². The van der Waals surface area contributed by atoms with Crippen molar-refractivity contribution < 1.29 is 9.59 Å². The molecule has 6 heteroatoms. The molecule has 28 heavy (non-hydrogen) atoms. The Morgan fingerprint density at radius 1 is 1.11 bits per heavy atom. The zero-order valence-corrected chi connectivity index (χ0v) is 18.1. The summed E-state index contributed by atoms with van der Waals surface area (Å²) < 4.78 is 0. The third-order valence-electron chi connectivity index (χ3n) is 4.68. The molecule has 0 aliphatic heterocycles. The highest BCUT2D eigenvalue weighted by Gasteiger charge is 2.28. The summed E-state index contributed by atoms with van der Waals surface area (Å²) in [6.07, 6.45) is 0.540. The number of halogens is 1. The van der Waals surface area contributed by atoms with Crippen molar-refractivity contribution in [2.24, 2.45) is 0 Å². The number of hydrogen-bond donors (Lipinski definition) is 1. The molecule has 0 fully saturated rings. The Labute approximate surface area is 176 Å². The maximum absolute atomic E-state index is 13.0. The molecular weight excluding hydrogens is 392 g/mol. The Bertz CT molecular complexity index is 813. The fourth-order valence-electron chi connectivity index (χ4n) is 3.00. The summed E-state index contributed by atoms with van der Waals surface area (Å²) in [6.45, 7) is 4.29. The van der Waals surface area contributed by atoms with Crippen molar-refractivity contribution in [3.8, 4) is 0 Å². The summed E-state index contributed by atoms with van der Waals surface area (Å²) in [5.74, 6) is 0.849. The molecular formula is C22H27ClN2O2S. The number of benzene rings is 2. The summed E-state index contributed by atoms with van der Waals surface area (Å²) in [4.78, 5) is 27.0. The van der Waals surface area contributed by atoms with E-state index < -0.39 is 6.04 Å². The van der Waals surface area contributed by atoms with Gasteiger partial charge in [-0.05, 0) is 36.1 Å². The van der Waals surface area contributed by atoms with Crippen LogP contribution in [0.2, 0.25) is 5.02 Å². The van der Waals surface area contributed by atoms with Gasteiger partial charge < -0.3 is 10.2 Å². The predicted molar refractivity (Wildman–Crippen MR) is 117 cm³/mol. The molecule has 1 unspecified atom stereocenters. The topological polar surface area (TPSA) is 49.4 Å². The lowest BCUT2D eigenvalue weighted by molar-refractivity contribution is -0.139. The molecule has 0 bridgehead atoms. The maximum atomic E-state index is 13.0. The Morgan fingerprint density at radius 3 is 2.36 bits per heavy atom. The molecule has 2 aromatic rings. The molecule has 1 atom stereocenters. The van der Waals surface area contributed by atoms with E-state index in [1.165, 1.54) is 11.1 Å². The smallest absolute Gasteiger partial charge is 0.242 e. The van der Waals surface area contributed by atoms with Gasteiger partial charge in [-0.3, -0.25) is 9.59 Å². The van der Waals surface area contributed by atoms with Gasteiger partial charge in [0.05, 0.1) is 5.75 Å². The lowest BCUT2D eigenvalue weighted by atomic mass is 10.1. The molecule has 0 spiro atoms. The standard InChI is InChI=1S/C22H27ClN2O2S/c1-4-20(22(27)24-3)25(13-17-10-7-8-12-19(17)23)21(26)15-28-14-18-11-6-5-9-16(18)2/h5-12,20H,4,13-15H2,1-3H3,(H,24,27). The first-order chi connectivity index (χ1) is 13.5. The van der Waals surface area contributed by atoms with Gasteiger partial charge in [0.25, 0.3) is 0 Å². The van der Waals surface area contributed by atoms with Crippen LogP contribution in [0.15, 0.2) is 48.5 Å². The van der Waals surface area contributed by atoms with Crippen molar-refractivity contribution in [1.29, 1.82) is 0 Å². The number of thioether (sulfide) groups is 1. The first kappa shape index (κ1) is 22.3. The van der Waals surface area contributed by atoms with Crippen molar-refractivity contribution in [2.45, 2.75) is 38.6 Å². The van der Waals surface area contributed by atoms with Gasteiger partial charge in [0.15, 0.2) is 0 Å². The van der Waals surface area contributed by atoms with Gasteiger partial charge in [0.1, 0.15) is 6.04 Å². The van der Waals surface area contributed by atoms with E-state index in [1.807, 2.05) is 37.3 Å². The molecule has 0 aliphatic carbocycles. The fraction of sp³-hybridized carbons (Fsp3) is 0.364. The van der Waals surface area contributed by atoms with Gasteiger partial charge in [-0.25, -0.2) is 0 Å².